The fraction of sp³-hybridized carbons (Fsp3) is 0.571. The number of rotatable bonds is 1. The average Bonchev–Trinajstić information content (AvgIpc) is 2.73. The smallest absolute Gasteiger partial charge is 0.219 e. The lowest BCUT2D eigenvalue weighted by Crippen LogP contribution is -2.48. The van der Waals surface area contributed by atoms with E-state index in [1.54, 1.807) is 6.92 Å². The summed E-state index contributed by atoms with van der Waals surface area (Å²) >= 11 is 0. The highest BCUT2D eigenvalue weighted by Crippen LogP contribution is 2.26. The number of carbonyl (C=O) groups excluding carboxylic acids is 1. The molecule has 1 saturated heterocycles. The van der Waals surface area contributed by atoms with Gasteiger partial charge in [-0.1, -0.05) is 0 Å². The SMILES string of the molecule is CC(=O)N1CCN(c2nc(C)nc3c(C)nn(C)c23)CC1. The van der Waals surface area contributed by atoms with Crippen LogP contribution in [0.5, 0.6) is 0 Å². The van der Waals surface area contributed by atoms with Crippen LogP contribution in [0, 0.1) is 13.8 Å². The molecule has 2 aromatic heterocycles. The molecule has 0 N–H and O–H groups in total. The second-order valence-corrected chi connectivity index (χ2v) is 5.49. The first kappa shape index (κ1) is 13.8. The minimum atomic E-state index is 0.134. The van der Waals surface area contributed by atoms with Crippen molar-refractivity contribution in [3.05, 3.63) is 11.5 Å². The first-order valence-electron chi connectivity index (χ1n) is 7.16. The molecule has 3 heterocycles. The molecular formula is C14H20N6O. The van der Waals surface area contributed by atoms with Crippen LogP contribution >= 0.6 is 0 Å². The highest BCUT2D eigenvalue weighted by Gasteiger charge is 2.23. The zero-order valence-corrected chi connectivity index (χ0v) is 12.9. The van der Waals surface area contributed by atoms with Crippen LogP contribution in [0.3, 0.4) is 0 Å². The molecule has 3 rings (SSSR count). The van der Waals surface area contributed by atoms with Gasteiger partial charge in [0, 0.05) is 40.2 Å². The molecule has 0 atom stereocenters. The third-order valence-corrected chi connectivity index (χ3v) is 3.97. The molecule has 0 unspecified atom stereocenters. The van der Waals surface area contributed by atoms with Crippen LogP contribution in [0.1, 0.15) is 18.4 Å². The Morgan fingerprint density at radius 1 is 1.10 bits per heavy atom. The summed E-state index contributed by atoms with van der Waals surface area (Å²) in [6.07, 6.45) is 0. The van der Waals surface area contributed by atoms with E-state index in [0.29, 0.717) is 0 Å². The van der Waals surface area contributed by atoms with E-state index in [1.165, 1.54) is 0 Å². The zero-order chi connectivity index (χ0) is 15.1. The number of carbonyl (C=O) groups is 1. The van der Waals surface area contributed by atoms with Gasteiger partial charge in [-0.3, -0.25) is 9.48 Å². The highest BCUT2D eigenvalue weighted by molar-refractivity contribution is 5.88. The van der Waals surface area contributed by atoms with Crippen LogP contribution in [-0.2, 0) is 11.8 Å². The fourth-order valence-corrected chi connectivity index (χ4v) is 2.88. The van der Waals surface area contributed by atoms with Crippen LogP contribution in [0.15, 0.2) is 0 Å². The van der Waals surface area contributed by atoms with Gasteiger partial charge in [0.25, 0.3) is 0 Å². The van der Waals surface area contributed by atoms with E-state index >= 15 is 0 Å². The largest absolute Gasteiger partial charge is 0.351 e. The zero-order valence-electron chi connectivity index (χ0n) is 12.9. The Kier molecular flexibility index (Phi) is 3.27. The molecule has 7 nitrogen and oxygen atoms in total. The highest BCUT2D eigenvalue weighted by atomic mass is 16.2. The second-order valence-electron chi connectivity index (χ2n) is 5.49. The van der Waals surface area contributed by atoms with Gasteiger partial charge in [-0.25, -0.2) is 9.97 Å². The van der Waals surface area contributed by atoms with Crippen molar-refractivity contribution in [1.82, 2.24) is 24.6 Å². The van der Waals surface area contributed by atoms with Crippen molar-refractivity contribution in [1.29, 1.82) is 0 Å². The normalized spacial score (nSPS) is 15.8. The van der Waals surface area contributed by atoms with Gasteiger partial charge in [0.1, 0.15) is 16.9 Å². The molecule has 0 bridgehead atoms. The molecule has 0 aliphatic carbocycles. The Balaban J connectivity index is 1.99. The van der Waals surface area contributed by atoms with Gasteiger partial charge >= 0.3 is 0 Å². The topological polar surface area (TPSA) is 67.2 Å². The van der Waals surface area contributed by atoms with Crippen LogP contribution < -0.4 is 4.90 Å². The van der Waals surface area contributed by atoms with Crippen molar-refractivity contribution in [3.8, 4) is 0 Å². The summed E-state index contributed by atoms with van der Waals surface area (Å²) in [6, 6.07) is 0. The van der Waals surface area contributed by atoms with Crippen molar-refractivity contribution >= 4 is 22.8 Å². The lowest BCUT2D eigenvalue weighted by molar-refractivity contribution is -0.129. The molecule has 0 spiro atoms. The van der Waals surface area contributed by atoms with E-state index in [-0.39, 0.29) is 5.91 Å². The van der Waals surface area contributed by atoms with Crippen molar-refractivity contribution in [2.24, 2.45) is 7.05 Å². The minimum absolute atomic E-state index is 0.134. The number of aromatic nitrogens is 4. The third-order valence-electron chi connectivity index (χ3n) is 3.97. The lowest BCUT2D eigenvalue weighted by atomic mass is 10.2. The molecule has 0 radical (unpaired) electrons. The first-order valence-corrected chi connectivity index (χ1v) is 7.16. The number of hydrogen-bond acceptors (Lipinski definition) is 5. The van der Waals surface area contributed by atoms with E-state index in [0.717, 1.165) is 54.5 Å². The molecule has 2 aromatic rings. The second kappa shape index (κ2) is 4.98. The van der Waals surface area contributed by atoms with Crippen molar-refractivity contribution in [2.45, 2.75) is 20.8 Å². The van der Waals surface area contributed by atoms with E-state index in [2.05, 4.69) is 20.0 Å². The van der Waals surface area contributed by atoms with Crippen LogP contribution in [0.2, 0.25) is 0 Å². The van der Waals surface area contributed by atoms with Gasteiger partial charge < -0.3 is 9.80 Å². The van der Waals surface area contributed by atoms with Gasteiger partial charge in [-0.15, -0.1) is 0 Å². The summed E-state index contributed by atoms with van der Waals surface area (Å²) in [5.74, 6) is 1.81. The standard InChI is InChI=1S/C14H20N6O/c1-9-12-13(18(4)17-9)14(16-10(2)15-12)20-7-5-19(6-8-20)11(3)21/h5-8H2,1-4H3. The maximum atomic E-state index is 11.4. The Labute approximate surface area is 123 Å². The van der Waals surface area contributed by atoms with Gasteiger partial charge in [0.15, 0.2) is 5.82 Å². The van der Waals surface area contributed by atoms with E-state index in [1.807, 2.05) is 30.5 Å². The number of nitrogens with zero attached hydrogens (tertiary/aromatic N) is 6. The quantitative estimate of drug-likeness (QED) is 0.770. The van der Waals surface area contributed by atoms with Crippen molar-refractivity contribution in [2.75, 3.05) is 31.1 Å². The molecule has 1 fully saturated rings. The van der Waals surface area contributed by atoms with Gasteiger partial charge in [-0.2, -0.15) is 5.10 Å². The Bertz CT molecular complexity index is 699. The maximum Gasteiger partial charge on any atom is 0.219 e. The summed E-state index contributed by atoms with van der Waals surface area (Å²) < 4.78 is 1.84. The maximum absolute atomic E-state index is 11.4. The van der Waals surface area contributed by atoms with Crippen LogP contribution in [0.4, 0.5) is 5.82 Å². The number of amides is 1. The number of piperazine rings is 1. The van der Waals surface area contributed by atoms with E-state index < -0.39 is 0 Å². The van der Waals surface area contributed by atoms with Crippen molar-refractivity contribution < 1.29 is 4.79 Å². The van der Waals surface area contributed by atoms with Crippen LogP contribution in [0.25, 0.3) is 11.0 Å². The van der Waals surface area contributed by atoms with Gasteiger partial charge in [0.05, 0.1) is 5.69 Å². The van der Waals surface area contributed by atoms with E-state index in [9.17, 15) is 4.79 Å². The number of anilines is 1. The molecule has 7 heteroatoms. The minimum Gasteiger partial charge on any atom is -0.351 e. The molecule has 1 amide bonds. The Morgan fingerprint density at radius 2 is 1.76 bits per heavy atom. The molecular weight excluding hydrogens is 268 g/mol. The Morgan fingerprint density at radius 3 is 2.38 bits per heavy atom. The predicted molar refractivity (Wildman–Crippen MR) is 80.2 cm³/mol. The molecule has 1 aliphatic rings. The summed E-state index contributed by atoms with van der Waals surface area (Å²) in [4.78, 5) is 24.7. The molecule has 1 aliphatic heterocycles. The summed E-state index contributed by atoms with van der Waals surface area (Å²) in [6.45, 7) is 8.53. The molecule has 112 valence electrons. The number of fused-ring (bicyclic) bond motifs is 1. The fourth-order valence-electron chi connectivity index (χ4n) is 2.88. The number of hydrogen-bond donors (Lipinski definition) is 0. The Hall–Kier alpha value is -2.18. The molecule has 0 aromatic carbocycles. The average molecular weight is 288 g/mol. The number of aryl methyl sites for hydroxylation is 3. The summed E-state index contributed by atoms with van der Waals surface area (Å²) in [7, 11) is 1.92. The molecule has 0 saturated carbocycles. The van der Waals surface area contributed by atoms with Crippen molar-refractivity contribution in [3.63, 3.8) is 0 Å². The predicted octanol–water partition coefficient (Wildman–Crippen LogP) is 0.649. The summed E-state index contributed by atoms with van der Waals surface area (Å²) in [5, 5.41) is 4.45. The van der Waals surface area contributed by atoms with E-state index in [4.69, 9.17) is 0 Å². The lowest BCUT2D eigenvalue weighted by Gasteiger charge is -2.35. The van der Waals surface area contributed by atoms with Crippen LogP contribution in [-0.4, -0.2) is 56.7 Å². The summed E-state index contributed by atoms with van der Waals surface area (Å²) in [5.41, 5.74) is 2.80. The van der Waals surface area contributed by atoms with Gasteiger partial charge in [-0.05, 0) is 13.8 Å². The van der Waals surface area contributed by atoms with Gasteiger partial charge in [0.2, 0.25) is 5.91 Å². The first-order chi connectivity index (χ1) is 9.97. The monoisotopic (exact) mass is 288 g/mol. The molecule has 21 heavy (non-hydrogen) atoms. The third kappa shape index (κ3) is 2.32.